The van der Waals surface area contributed by atoms with Gasteiger partial charge in [0.2, 0.25) is 0 Å². The Kier molecular flexibility index (Phi) is 4.97. The molecule has 0 aromatic rings. The predicted molar refractivity (Wildman–Crippen MR) is 71.9 cm³/mol. The van der Waals surface area contributed by atoms with Gasteiger partial charge >= 0.3 is 12.1 Å². The summed E-state index contributed by atoms with van der Waals surface area (Å²) < 4.78 is 5.10. The first-order chi connectivity index (χ1) is 8.70. The van der Waals surface area contributed by atoms with E-state index in [4.69, 9.17) is 4.74 Å². The van der Waals surface area contributed by atoms with Crippen molar-refractivity contribution < 1.29 is 19.4 Å². The minimum Gasteiger partial charge on any atom is -0.480 e. The molecule has 1 amide bonds. The highest BCUT2D eigenvalue weighted by Crippen LogP contribution is 2.30. The fourth-order valence-electron chi connectivity index (χ4n) is 2.28. The van der Waals surface area contributed by atoms with Crippen LogP contribution in [-0.4, -0.2) is 28.8 Å². The lowest BCUT2D eigenvalue weighted by atomic mass is 9.80. The third-order valence-corrected chi connectivity index (χ3v) is 3.13. The molecular formula is C14H23NO4. The molecule has 0 aliphatic heterocycles. The highest BCUT2D eigenvalue weighted by molar-refractivity contribution is 5.80. The predicted octanol–water partition coefficient (Wildman–Crippen LogP) is 2.71. The van der Waals surface area contributed by atoms with Gasteiger partial charge in [-0.3, -0.25) is 0 Å². The second-order valence-electron chi connectivity index (χ2n) is 5.97. The molecule has 2 atom stereocenters. The molecule has 0 aromatic heterocycles. The molecule has 2 N–H and O–H groups in total. The van der Waals surface area contributed by atoms with E-state index in [1.165, 1.54) is 0 Å². The van der Waals surface area contributed by atoms with Crippen molar-refractivity contribution >= 4 is 12.1 Å². The highest BCUT2D eigenvalue weighted by atomic mass is 16.6. The maximum atomic E-state index is 11.7. The SMILES string of the molecule is C=C1CCCC[C@H]1[C@@H](NC(=O)OC(C)(C)C)C(=O)O. The quantitative estimate of drug-likeness (QED) is 0.772. The molecule has 19 heavy (non-hydrogen) atoms. The van der Waals surface area contributed by atoms with Gasteiger partial charge in [-0.25, -0.2) is 9.59 Å². The summed E-state index contributed by atoms with van der Waals surface area (Å²) in [6.07, 6.45) is 2.87. The molecular weight excluding hydrogens is 246 g/mol. The van der Waals surface area contributed by atoms with Crippen LogP contribution in [0.2, 0.25) is 0 Å². The minimum atomic E-state index is -1.04. The van der Waals surface area contributed by atoms with Crippen LogP contribution >= 0.6 is 0 Å². The zero-order valence-corrected chi connectivity index (χ0v) is 11.9. The monoisotopic (exact) mass is 269 g/mol. The molecule has 108 valence electrons. The summed E-state index contributed by atoms with van der Waals surface area (Å²) in [7, 11) is 0. The Bertz CT molecular complexity index is 370. The van der Waals surface area contributed by atoms with Crippen LogP contribution in [0, 0.1) is 5.92 Å². The number of amides is 1. The van der Waals surface area contributed by atoms with E-state index in [1.807, 2.05) is 0 Å². The average Bonchev–Trinajstić information content (AvgIpc) is 2.24. The largest absolute Gasteiger partial charge is 0.480 e. The maximum Gasteiger partial charge on any atom is 0.408 e. The number of carboxylic acid groups (broad SMARTS) is 1. The van der Waals surface area contributed by atoms with Gasteiger partial charge in [0.25, 0.3) is 0 Å². The van der Waals surface area contributed by atoms with Gasteiger partial charge in [-0.1, -0.05) is 18.6 Å². The van der Waals surface area contributed by atoms with Crippen LogP contribution in [0.1, 0.15) is 46.5 Å². The number of aliphatic carboxylic acids is 1. The molecule has 1 rings (SSSR count). The Morgan fingerprint density at radius 1 is 1.42 bits per heavy atom. The lowest BCUT2D eigenvalue weighted by Gasteiger charge is -2.30. The van der Waals surface area contributed by atoms with Crippen LogP contribution < -0.4 is 5.32 Å². The van der Waals surface area contributed by atoms with Gasteiger partial charge in [-0.15, -0.1) is 0 Å². The second-order valence-corrected chi connectivity index (χ2v) is 5.97. The first-order valence-corrected chi connectivity index (χ1v) is 6.60. The molecule has 0 heterocycles. The number of hydrogen-bond donors (Lipinski definition) is 2. The third kappa shape index (κ3) is 4.93. The number of carboxylic acids is 1. The molecule has 0 unspecified atom stereocenters. The Morgan fingerprint density at radius 3 is 2.53 bits per heavy atom. The van der Waals surface area contributed by atoms with Crippen LogP contribution in [0.4, 0.5) is 4.79 Å². The molecule has 1 fully saturated rings. The van der Waals surface area contributed by atoms with E-state index in [0.29, 0.717) is 0 Å². The average molecular weight is 269 g/mol. The van der Waals surface area contributed by atoms with E-state index >= 15 is 0 Å². The van der Waals surface area contributed by atoms with Crippen LogP contribution in [0.25, 0.3) is 0 Å². The number of rotatable bonds is 3. The maximum absolute atomic E-state index is 11.7. The smallest absolute Gasteiger partial charge is 0.408 e. The summed E-state index contributed by atoms with van der Waals surface area (Å²) in [6.45, 7) is 9.14. The molecule has 0 aromatic carbocycles. The Morgan fingerprint density at radius 2 is 2.05 bits per heavy atom. The van der Waals surface area contributed by atoms with Gasteiger partial charge in [-0.05, 0) is 40.0 Å². The summed E-state index contributed by atoms with van der Waals surface area (Å²) in [6, 6.07) is -0.956. The van der Waals surface area contributed by atoms with E-state index < -0.39 is 23.7 Å². The number of hydrogen-bond acceptors (Lipinski definition) is 3. The van der Waals surface area contributed by atoms with Gasteiger partial charge in [-0.2, -0.15) is 0 Å². The molecule has 5 nitrogen and oxygen atoms in total. The lowest BCUT2D eigenvalue weighted by Crippen LogP contribution is -2.48. The normalized spacial score (nSPS) is 21.6. The molecule has 1 saturated carbocycles. The van der Waals surface area contributed by atoms with Crippen molar-refractivity contribution in [1.29, 1.82) is 0 Å². The summed E-state index contributed by atoms with van der Waals surface area (Å²) in [5, 5.41) is 11.7. The fourth-order valence-corrected chi connectivity index (χ4v) is 2.28. The number of nitrogens with one attached hydrogen (secondary N) is 1. The zero-order valence-electron chi connectivity index (χ0n) is 11.9. The van der Waals surface area contributed by atoms with Crippen molar-refractivity contribution in [3.8, 4) is 0 Å². The van der Waals surface area contributed by atoms with Gasteiger partial charge in [0, 0.05) is 5.92 Å². The number of carbonyl (C=O) groups excluding carboxylic acids is 1. The van der Waals surface area contributed by atoms with Gasteiger partial charge in [0.05, 0.1) is 0 Å². The first-order valence-electron chi connectivity index (χ1n) is 6.60. The summed E-state index contributed by atoms with van der Waals surface area (Å²) in [4.78, 5) is 23.0. The summed E-state index contributed by atoms with van der Waals surface area (Å²) in [5.74, 6) is -1.25. The van der Waals surface area contributed by atoms with E-state index in [2.05, 4.69) is 11.9 Å². The van der Waals surface area contributed by atoms with Crippen LogP contribution in [0.15, 0.2) is 12.2 Å². The van der Waals surface area contributed by atoms with Crippen LogP contribution in [-0.2, 0) is 9.53 Å². The van der Waals surface area contributed by atoms with E-state index in [-0.39, 0.29) is 5.92 Å². The zero-order chi connectivity index (χ0) is 14.6. The van der Waals surface area contributed by atoms with Gasteiger partial charge in [0.15, 0.2) is 0 Å². The molecule has 1 aliphatic rings. The van der Waals surface area contributed by atoms with E-state index in [0.717, 1.165) is 31.3 Å². The molecule has 1 aliphatic carbocycles. The third-order valence-electron chi connectivity index (χ3n) is 3.13. The minimum absolute atomic E-state index is 0.209. The molecule has 0 spiro atoms. The van der Waals surface area contributed by atoms with Crippen molar-refractivity contribution in [3.05, 3.63) is 12.2 Å². The summed E-state index contributed by atoms with van der Waals surface area (Å²) in [5.41, 5.74) is 0.256. The first kappa shape index (κ1) is 15.5. The Labute approximate surface area is 114 Å². The number of carbonyl (C=O) groups is 2. The lowest BCUT2D eigenvalue weighted by molar-refractivity contribution is -0.140. The molecule has 0 radical (unpaired) electrons. The van der Waals surface area contributed by atoms with Crippen LogP contribution in [0.3, 0.4) is 0 Å². The van der Waals surface area contributed by atoms with Gasteiger partial charge < -0.3 is 15.2 Å². The molecule has 0 saturated heterocycles. The standard InChI is InChI=1S/C14H23NO4/c1-9-7-5-6-8-10(9)11(12(16)17)15-13(18)19-14(2,3)4/h10-11H,1,5-8H2,2-4H3,(H,15,18)(H,16,17)/t10-,11-/m1/s1. The van der Waals surface area contributed by atoms with Crippen molar-refractivity contribution in [3.63, 3.8) is 0 Å². The number of ether oxygens (including phenoxy) is 1. The Hall–Kier alpha value is -1.52. The van der Waals surface area contributed by atoms with E-state index in [9.17, 15) is 14.7 Å². The number of alkyl carbamates (subject to hydrolysis) is 1. The topological polar surface area (TPSA) is 75.6 Å². The van der Waals surface area contributed by atoms with Crippen molar-refractivity contribution in [1.82, 2.24) is 5.32 Å². The van der Waals surface area contributed by atoms with E-state index in [1.54, 1.807) is 20.8 Å². The van der Waals surface area contributed by atoms with Crippen molar-refractivity contribution in [2.75, 3.05) is 0 Å². The van der Waals surface area contributed by atoms with Crippen LogP contribution in [0.5, 0.6) is 0 Å². The van der Waals surface area contributed by atoms with Crippen molar-refractivity contribution in [2.24, 2.45) is 5.92 Å². The molecule has 5 heteroatoms. The Balaban J connectivity index is 2.70. The highest BCUT2D eigenvalue weighted by Gasteiger charge is 2.34. The fraction of sp³-hybridized carbons (Fsp3) is 0.714. The summed E-state index contributed by atoms with van der Waals surface area (Å²) >= 11 is 0. The molecule has 0 bridgehead atoms. The van der Waals surface area contributed by atoms with Gasteiger partial charge in [0.1, 0.15) is 11.6 Å². The second kappa shape index (κ2) is 6.08. The van der Waals surface area contributed by atoms with Crippen molar-refractivity contribution in [2.45, 2.75) is 58.1 Å².